The zero-order valence-corrected chi connectivity index (χ0v) is 12.0. The summed E-state index contributed by atoms with van der Waals surface area (Å²) in [5.74, 6) is -0.593. The Labute approximate surface area is 118 Å². The minimum atomic E-state index is -0.334. The number of hydrogen-bond donors (Lipinski definition) is 2. The highest BCUT2D eigenvalue weighted by Crippen LogP contribution is 2.20. The molecule has 0 aliphatic rings. The second kappa shape index (κ2) is 7.79. The summed E-state index contributed by atoms with van der Waals surface area (Å²) in [6.45, 7) is 4.52. The first-order chi connectivity index (χ1) is 9.02. The van der Waals surface area contributed by atoms with E-state index in [1.54, 1.807) is 12.1 Å². The van der Waals surface area contributed by atoms with Gasteiger partial charge in [-0.2, -0.15) is 0 Å². The third-order valence-electron chi connectivity index (χ3n) is 2.65. The zero-order chi connectivity index (χ0) is 14.3. The summed E-state index contributed by atoms with van der Waals surface area (Å²) in [7, 11) is 0. The monoisotopic (exact) mass is 282 g/mol. The Morgan fingerprint density at radius 1 is 1.26 bits per heavy atom. The van der Waals surface area contributed by atoms with Crippen LogP contribution < -0.4 is 10.6 Å². The summed E-state index contributed by atoms with van der Waals surface area (Å²) in [5, 5.41) is 5.94. The van der Waals surface area contributed by atoms with Crippen molar-refractivity contribution in [3.63, 3.8) is 0 Å². The van der Waals surface area contributed by atoms with Gasteiger partial charge >= 0.3 is 0 Å². The van der Waals surface area contributed by atoms with E-state index in [1.807, 2.05) is 19.9 Å². The van der Waals surface area contributed by atoms with Crippen LogP contribution in [0.5, 0.6) is 0 Å². The van der Waals surface area contributed by atoms with Crippen LogP contribution in [-0.2, 0) is 9.59 Å². The first-order valence-corrected chi connectivity index (χ1v) is 6.73. The Morgan fingerprint density at radius 2 is 2.00 bits per heavy atom. The molecule has 1 aromatic carbocycles. The lowest BCUT2D eigenvalue weighted by Crippen LogP contribution is -2.28. The number of nitrogens with one attached hydrogen (secondary N) is 2. The van der Waals surface area contributed by atoms with Crippen molar-refractivity contribution in [1.29, 1.82) is 0 Å². The predicted molar refractivity (Wildman–Crippen MR) is 77.4 cm³/mol. The van der Waals surface area contributed by atoms with Gasteiger partial charge in [0, 0.05) is 17.3 Å². The lowest BCUT2D eigenvalue weighted by molar-refractivity contribution is -0.126. The van der Waals surface area contributed by atoms with Crippen molar-refractivity contribution in [2.24, 2.45) is 0 Å². The lowest BCUT2D eigenvalue weighted by atomic mass is 10.2. The summed E-state index contributed by atoms with van der Waals surface area (Å²) in [6.07, 6.45) is 1.75. The minimum Gasteiger partial charge on any atom is -0.356 e. The predicted octanol–water partition coefficient (Wildman–Crippen LogP) is 2.89. The molecule has 0 heterocycles. The van der Waals surface area contributed by atoms with Gasteiger partial charge < -0.3 is 10.6 Å². The molecule has 1 rings (SSSR count). The van der Waals surface area contributed by atoms with E-state index in [4.69, 9.17) is 11.6 Å². The number of amides is 2. The molecule has 2 N–H and O–H groups in total. The highest BCUT2D eigenvalue weighted by atomic mass is 35.5. The quantitative estimate of drug-likeness (QED) is 0.623. The maximum Gasteiger partial charge on any atom is 0.233 e. The Kier molecular flexibility index (Phi) is 6.36. The average Bonchev–Trinajstić information content (AvgIpc) is 2.34. The summed E-state index contributed by atoms with van der Waals surface area (Å²) >= 11 is 5.86. The van der Waals surface area contributed by atoms with Crippen molar-refractivity contribution < 1.29 is 9.59 Å². The molecule has 4 nitrogen and oxygen atoms in total. The van der Waals surface area contributed by atoms with Gasteiger partial charge in [0.2, 0.25) is 11.8 Å². The fraction of sp³-hybridized carbons (Fsp3) is 0.429. The van der Waals surface area contributed by atoms with E-state index in [-0.39, 0.29) is 18.2 Å². The Bertz CT molecular complexity index is 461. The molecule has 0 radical (unpaired) electrons. The van der Waals surface area contributed by atoms with E-state index in [2.05, 4.69) is 10.6 Å². The van der Waals surface area contributed by atoms with Gasteiger partial charge in [-0.05, 0) is 31.0 Å². The van der Waals surface area contributed by atoms with Gasteiger partial charge in [0.15, 0.2) is 0 Å². The number of hydrogen-bond acceptors (Lipinski definition) is 2. The SMILES string of the molecule is CCCCNC(=O)CC(=O)Nc1cc(Cl)ccc1C. The van der Waals surface area contributed by atoms with Crippen molar-refractivity contribution in [3.05, 3.63) is 28.8 Å². The second-order valence-electron chi connectivity index (χ2n) is 4.39. The zero-order valence-electron chi connectivity index (χ0n) is 11.3. The molecule has 0 bridgehead atoms. The van der Waals surface area contributed by atoms with E-state index in [0.717, 1.165) is 18.4 Å². The number of rotatable bonds is 6. The van der Waals surface area contributed by atoms with Crippen LogP contribution in [-0.4, -0.2) is 18.4 Å². The molecule has 2 amide bonds. The average molecular weight is 283 g/mol. The molecule has 104 valence electrons. The Morgan fingerprint density at radius 3 is 2.68 bits per heavy atom. The van der Waals surface area contributed by atoms with Crippen LogP contribution >= 0.6 is 11.6 Å². The molecule has 0 aromatic heterocycles. The van der Waals surface area contributed by atoms with Crippen LogP contribution in [0, 0.1) is 6.92 Å². The fourth-order valence-corrected chi connectivity index (χ4v) is 1.71. The molecule has 19 heavy (non-hydrogen) atoms. The summed E-state index contributed by atoms with van der Waals surface area (Å²) in [6, 6.07) is 5.24. The molecule has 1 aromatic rings. The van der Waals surface area contributed by atoms with E-state index >= 15 is 0 Å². The standard InChI is InChI=1S/C14H19ClN2O2/c1-3-4-7-16-13(18)9-14(19)17-12-8-11(15)6-5-10(12)2/h5-6,8H,3-4,7,9H2,1-2H3,(H,16,18)(H,17,19). The first kappa shape index (κ1) is 15.5. The Balaban J connectivity index is 2.46. The van der Waals surface area contributed by atoms with Crippen molar-refractivity contribution in [2.75, 3.05) is 11.9 Å². The largest absolute Gasteiger partial charge is 0.356 e. The van der Waals surface area contributed by atoms with Crippen molar-refractivity contribution >= 4 is 29.1 Å². The van der Waals surface area contributed by atoms with Gasteiger partial charge in [-0.3, -0.25) is 9.59 Å². The molecule has 0 unspecified atom stereocenters. The molecule has 0 spiro atoms. The first-order valence-electron chi connectivity index (χ1n) is 6.35. The third-order valence-corrected chi connectivity index (χ3v) is 2.88. The number of aryl methyl sites for hydroxylation is 1. The van der Waals surface area contributed by atoms with Crippen molar-refractivity contribution in [3.8, 4) is 0 Å². The van der Waals surface area contributed by atoms with Gasteiger partial charge in [0.1, 0.15) is 6.42 Å². The maximum atomic E-state index is 11.7. The number of unbranched alkanes of at least 4 members (excludes halogenated alkanes) is 1. The van der Waals surface area contributed by atoms with Gasteiger partial charge in [0.25, 0.3) is 0 Å². The fourth-order valence-electron chi connectivity index (χ4n) is 1.54. The van der Waals surface area contributed by atoms with Crippen molar-refractivity contribution in [1.82, 2.24) is 5.32 Å². The molecule has 0 fully saturated rings. The normalized spacial score (nSPS) is 10.1. The number of anilines is 1. The maximum absolute atomic E-state index is 11.7. The van der Waals surface area contributed by atoms with Crippen LogP contribution in [0.1, 0.15) is 31.7 Å². The van der Waals surface area contributed by atoms with Gasteiger partial charge in [-0.25, -0.2) is 0 Å². The topological polar surface area (TPSA) is 58.2 Å². The summed E-state index contributed by atoms with van der Waals surface area (Å²) < 4.78 is 0. The van der Waals surface area contributed by atoms with Crippen LogP contribution in [0.2, 0.25) is 5.02 Å². The molecule has 0 aliphatic heterocycles. The molecule has 0 saturated heterocycles. The lowest BCUT2D eigenvalue weighted by Gasteiger charge is -2.09. The van der Waals surface area contributed by atoms with E-state index in [0.29, 0.717) is 17.3 Å². The van der Waals surface area contributed by atoms with Gasteiger partial charge in [0.05, 0.1) is 0 Å². The number of benzene rings is 1. The molecule has 0 atom stereocenters. The molecular weight excluding hydrogens is 264 g/mol. The van der Waals surface area contributed by atoms with E-state index in [9.17, 15) is 9.59 Å². The minimum absolute atomic E-state index is 0.171. The number of carbonyl (C=O) groups excluding carboxylic acids is 2. The van der Waals surface area contributed by atoms with E-state index in [1.165, 1.54) is 0 Å². The molecular formula is C14H19ClN2O2. The molecule has 0 aliphatic carbocycles. The van der Waals surface area contributed by atoms with Crippen LogP contribution in [0.25, 0.3) is 0 Å². The Hall–Kier alpha value is -1.55. The number of halogens is 1. The summed E-state index contributed by atoms with van der Waals surface area (Å²) in [5.41, 5.74) is 1.54. The van der Waals surface area contributed by atoms with Crippen LogP contribution in [0.4, 0.5) is 5.69 Å². The summed E-state index contributed by atoms with van der Waals surface area (Å²) in [4.78, 5) is 23.2. The van der Waals surface area contributed by atoms with Crippen LogP contribution in [0.15, 0.2) is 18.2 Å². The molecule has 0 saturated carbocycles. The highest BCUT2D eigenvalue weighted by molar-refractivity contribution is 6.31. The highest BCUT2D eigenvalue weighted by Gasteiger charge is 2.10. The third kappa shape index (κ3) is 5.75. The smallest absolute Gasteiger partial charge is 0.233 e. The molecule has 5 heteroatoms. The second-order valence-corrected chi connectivity index (χ2v) is 4.82. The van der Waals surface area contributed by atoms with E-state index < -0.39 is 0 Å². The van der Waals surface area contributed by atoms with Gasteiger partial charge in [-0.15, -0.1) is 0 Å². The number of carbonyl (C=O) groups is 2. The van der Waals surface area contributed by atoms with Crippen molar-refractivity contribution in [2.45, 2.75) is 33.1 Å². The van der Waals surface area contributed by atoms with Gasteiger partial charge in [-0.1, -0.05) is 31.0 Å². The van der Waals surface area contributed by atoms with Crippen LogP contribution in [0.3, 0.4) is 0 Å².